The molecule has 2 N–H and O–H groups in total. The van der Waals surface area contributed by atoms with Crippen molar-refractivity contribution < 1.29 is 17.9 Å². The van der Waals surface area contributed by atoms with Gasteiger partial charge >= 0.3 is 6.18 Å². The van der Waals surface area contributed by atoms with E-state index in [1.165, 1.54) is 6.07 Å². The van der Waals surface area contributed by atoms with Crippen molar-refractivity contribution in [3.05, 3.63) is 41.5 Å². The summed E-state index contributed by atoms with van der Waals surface area (Å²) in [7, 11) is 0. The predicted molar refractivity (Wildman–Crippen MR) is 98.2 cm³/mol. The van der Waals surface area contributed by atoms with E-state index in [1.807, 2.05) is 0 Å². The summed E-state index contributed by atoms with van der Waals surface area (Å²) in [6, 6.07) is 7.85. The van der Waals surface area contributed by atoms with E-state index < -0.39 is 11.7 Å². The quantitative estimate of drug-likeness (QED) is 0.697. The van der Waals surface area contributed by atoms with E-state index in [1.54, 1.807) is 31.2 Å². The molecule has 0 aromatic heterocycles. The van der Waals surface area contributed by atoms with Gasteiger partial charge in [0.25, 0.3) is 0 Å². The number of hydrogen-bond donors (Lipinski definition) is 1. The summed E-state index contributed by atoms with van der Waals surface area (Å²) in [6.07, 6.45) is 0.160. The molecule has 142 valence electrons. The van der Waals surface area contributed by atoms with Crippen LogP contribution in [0, 0.1) is 5.92 Å². The highest BCUT2D eigenvalue weighted by atomic mass is 19.4. The van der Waals surface area contributed by atoms with Crippen LogP contribution >= 0.6 is 0 Å². The molecule has 0 saturated heterocycles. The average Bonchev–Trinajstić information content (AvgIpc) is 2.60. The Balaban J connectivity index is 1.99. The number of nitrogens with two attached hydrogens (primary N) is 1. The minimum absolute atomic E-state index is 0.0632. The largest absolute Gasteiger partial charge is 0.490 e. The van der Waals surface area contributed by atoms with Crippen molar-refractivity contribution in [2.45, 2.75) is 64.3 Å². The van der Waals surface area contributed by atoms with Crippen LogP contribution in [-0.4, -0.2) is 6.10 Å². The molecule has 2 aromatic rings. The van der Waals surface area contributed by atoms with E-state index in [-0.39, 0.29) is 23.3 Å². The van der Waals surface area contributed by atoms with Crippen LogP contribution in [-0.2, 0) is 6.18 Å². The standard InChI is InChI=1S/C21H26F3NO/c1-3-14-4-9-17(10-5-14)26-19-11-8-15-6-7-16(13(2)25)12-18(15)20(19)21(22,23)24/h6-8,11-14,17H,3-5,9-10,25H2,1-2H3. The zero-order valence-electron chi connectivity index (χ0n) is 15.3. The first-order valence-electron chi connectivity index (χ1n) is 9.35. The lowest BCUT2D eigenvalue weighted by Gasteiger charge is -2.29. The molecule has 1 saturated carbocycles. The monoisotopic (exact) mass is 365 g/mol. The maximum Gasteiger partial charge on any atom is 0.420 e. The lowest BCUT2D eigenvalue weighted by atomic mass is 9.86. The summed E-state index contributed by atoms with van der Waals surface area (Å²) in [5, 5.41) is 0.704. The summed E-state index contributed by atoms with van der Waals surface area (Å²) < 4.78 is 47.5. The molecule has 2 nitrogen and oxygen atoms in total. The van der Waals surface area contributed by atoms with Crippen molar-refractivity contribution in [3.63, 3.8) is 0 Å². The van der Waals surface area contributed by atoms with Gasteiger partial charge in [0.15, 0.2) is 0 Å². The van der Waals surface area contributed by atoms with Crippen LogP contribution in [0.3, 0.4) is 0 Å². The third-order valence-corrected chi connectivity index (χ3v) is 5.48. The van der Waals surface area contributed by atoms with E-state index in [2.05, 4.69) is 6.92 Å². The number of hydrogen-bond acceptors (Lipinski definition) is 2. The van der Waals surface area contributed by atoms with Gasteiger partial charge in [-0.15, -0.1) is 0 Å². The van der Waals surface area contributed by atoms with Gasteiger partial charge in [-0.05, 0) is 67.0 Å². The molecule has 0 aliphatic heterocycles. The summed E-state index contributed by atoms with van der Waals surface area (Å²) in [5.41, 5.74) is 5.86. The highest BCUT2D eigenvalue weighted by Gasteiger charge is 2.37. The number of fused-ring (bicyclic) bond motifs is 1. The van der Waals surface area contributed by atoms with Gasteiger partial charge in [-0.25, -0.2) is 0 Å². The minimum atomic E-state index is -4.48. The first-order chi connectivity index (χ1) is 12.3. The molecule has 26 heavy (non-hydrogen) atoms. The number of rotatable bonds is 4. The zero-order chi connectivity index (χ0) is 18.9. The molecule has 1 aliphatic rings. The van der Waals surface area contributed by atoms with Gasteiger partial charge in [-0.3, -0.25) is 0 Å². The van der Waals surface area contributed by atoms with Crippen LogP contribution in [0.5, 0.6) is 5.75 Å². The van der Waals surface area contributed by atoms with Crippen LogP contribution in [0.2, 0.25) is 0 Å². The smallest absolute Gasteiger partial charge is 0.420 e. The van der Waals surface area contributed by atoms with Crippen molar-refractivity contribution in [1.29, 1.82) is 0 Å². The van der Waals surface area contributed by atoms with Crippen LogP contribution in [0.15, 0.2) is 30.3 Å². The first kappa shape index (κ1) is 19.0. The molecule has 3 rings (SSSR count). The maximum absolute atomic E-state index is 13.9. The van der Waals surface area contributed by atoms with Crippen LogP contribution in [0.1, 0.15) is 63.1 Å². The summed E-state index contributed by atoms with van der Waals surface area (Å²) in [5.74, 6) is 0.605. The zero-order valence-corrected chi connectivity index (χ0v) is 15.3. The molecule has 1 fully saturated rings. The highest BCUT2D eigenvalue weighted by Crippen LogP contribution is 2.43. The Labute approximate surface area is 152 Å². The summed E-state index contributed by atoms with van der Waals surface area (Å²) in [6.45, 7) is 3.92. The Hall–Kier alpha value is -1.75. The Bertz CT molecular complexity index is 762. The average molecular weight is 365 g/mol. The molecule has 1 unspecified atom stereocenters. The Morgan fingerprint density at radius 2 is 1.77 bits per heavy atom. The molecular formula is C21H26F3NO. The Kier molecular flexibility index (Phi) is 5.47. The van der Waals surface area contributed by atoms with Gasteiger partial charge in [-0.1, -0.05) is 31.5 Å². The second-order valence-electron chi connectivity index (χ2n) is 7.37. The maximum atomic E-state index is 13.9. The van der Waals surface area contributed by atoms with Crippen LogP contribution in [0.25, 0.3) is 10.8 Å². The van der Waals surface area contributed by atoms with Gasteiger partial charge in [0.05, 0.1) is 6.10 Å². The summed E-state index contributed by atoms with van der Waals surface area (Å²) in [4.78, 5) is 0. The van der Waals surface area contributed by atoms with Crippen LogP contribution < -0.4 is 10.5 Å². The Morgan fingerprint density at radius 1 is 1.12 bits per heavy atom. The predicted octanol–water partition coefficient (Wildman–Crippen LogP) is 6.23. The lowest BCUT2D eigenvalue weighted by Crippen LogP contribution is -2.25. The van der Waals surface area contributed by atoms with Gasteiger partial charge in [0.2, 0.25) is 0 Å². The second-order valence-corrected chi connectivity index (χ2v) is 7.37. The normalized spacial score (nSPS) is 22.4. The molecule has 0 spiro atoms. The molecule has 1 aliphatic carbocycles. The summed E-state index contributed by atoms with van der Waals surface area (Å²) >= 11 is 0. The molecule has 1 atom stereocenters. The minimum Gasteiger partial charge on any atom is -0.490 e. The fourth-order valence-corrected chi connectivity index (χ4v) is 3.83. The molecule has 0 bridgehead atoms. The van der Waals surface area contributed by atoms with E-state index in [0.29, 0.717) is 16.9 Å². The fraction of sp³-hybridized carbons (Fsp3) is 0.524. The number of alkyl halides is 3. The highest BCUT2D eigenvalue weighted by molar-refractivity contribution is 5.89. The number of ether oxygens (including phenoxy) is 1. The van der Waals surface area contributed by atoms with Crippen LogP contribution in [0.4, 0.5) is 13.2 Å². The second kappa shape index (κ2) is 7.47. The lowest BCUT2D eigenvalue weighted by molar-refractivity contribution is -0.138. The third-order valence-electron chi connectivity index (χ3n) is 5.48. The van der Waals surface area contributed by atoms with E-state index in [4.69, 9.17) is 10.5 Å². The molecule has 0 radical (unpaired) electrons. The van der Waals surface area contributed by atoms with Crippen molar-refractivity contribution in [3.8, 4) is 5.75 Å². The first-order valence-corrected chi connectivity index (χ1v) is 9.35. The molecular weight excluding hydrogens is 339 g/mol. The van der Waals surface area contributed by atoms with E-state index >= 15 is 0 Å². The van der Waals surface area contributed by atoms with Crippen molar-refractivity contribution in [2.75, 3.05) is 0 Å². The van der Waals surface area contributed by atoms with Crippen molar-refractivity contribution in [1.82, 2.24) is 0 Å². The third kappa shape index (κ3) is 3.98. The van der Waals surface area contributed by atoms with Gasteiger partial charge in [-0.2, -0.15) is 13.2 Å². The number of halogens is 3. The SMILES string of the molecule is CCC1CCC(Oc2ccc3ccc(C(C)N)cc3c2C(F)(F)F)CC1. The van der Waals surface area contributed by atoms with Gasteiger partial charge < -0.3 is 10.5 Å². The molecule has 0 amide bonds. The molecule has 2 aromatic carbocycles. The van der Waals surface area contributed by atoms with Crippen molar-refractivity contribution in [2.24, 2.45) is 11.7 Å². The van der Waals surface area contributed by atoms with E-state index in [0.717, 1.165) is 32.1 Å². The van der Waals surface area contributed by atoms with Gasteiger partial charge in [0, 0.05) is 6.04 Å². The Morgan fingerprint density at radius 3 is 2.35 bits per heavy atom. The van der Waals surface area contributed by atoms with Gasteiger partial charge in [0.1, 0.15) is 11.3 Å². The molecule has 5 heteroatoms. The fourth-order valence-electron chi connectivity index (χ4n) is 3.83. The topological polar surface area (TPSA) is 35.2 Å². The van der Waals surface area contributed by atoms with Crippen molar-refractivity contribution >= 4 is 10.8 Å². The number of benzene rings is 2. The van der Waals surface area contributed by atoms with E-state index in [9.17, 15) is 13.2 Å². The molecule has 0 heterocycles.